The standard InChI is InChI=1S/C19H22N2O3/c1-18(2)12-19(10-14(11-20)17(18)22)13-21(8-9-24-19)15-4-6-16(23-3)7-5-15/h4-7,10H,8-9,12-13H2,1-3H3. The topological polar surface area (TPSA) is 62.6 Å². The van der Waals surface area contributed by atoms with Crippen LogP contribution in [0.25, 0.3) is 0 Å². The van der Waals surface area contributed by atoms with Crippen LogP contribution in [0.15, 0.2) is 35.9 Å². The zero-order valence-electron chi connectivity index (χ0n) is 14.3. The molecule has 1 unspecified atom stereocenters. The fourth-order valence-corrected chi connectivity index (χ4v) is 3.67. The van der Waals surface area contributed by atoms with Crippen LogP contribution < -0.4 is 9.64 Å². The largest absolute Gasteiger partial charge is 0.497 e. The van der Waals surface area contributed by atoms with Gasteiger partial charge in [-0.05, 0) is 36.8 Å². The van der Waals surface area contributed by atoms with Gasteiger partial charge in [0.1, 0.15) is 17.4 Å². The Hall–Kier alpha value is -2.32. The molecule has 1 atom stereocenters. The van der Waals surface area contributed by atoms with E-state index in [2.05, 4.69) is 4.90 Å². The molecule has 1 fully saturated rings. The van der Waals surface area contributed by atoms with E-state index in [-0.39, 0.29) is 11.4 Å². The minimum absolute atomic E-state index is 0.0965. The Labute approximate surface area is 142 Å². The van der Waals surface area contributed by atoms with Crippen LogP contribution in [0.2, 0.25) is 0 Å². The molecule has 0 radical (unpaired) electrons. The molecule has 0 bridgehead atoms. The number of nitrogens with zero attached hydrogens (tertiary/aromatic N) is 2. The molecule has 1 heterocycles. The summed E-state index contributed by atoms with van der Waals surface area (Å²) in [5.74, 6) is 0.721. The zero-order valence-corrected chi connectivity index (χ0v) is 14.3. The zero-order chi connectivity index (χ0) is 17.4. The van der Waals surface area contributed by atoms with E-state index in [1.165, 1.54) is 0 Å². The Bertz CT molecular complexity index is 715. The maximum absolute atomic E-state index is 12.4. The smallest absolute Gasteiger partial charge is 0.178 e. The van der Waals surface area contributed by atoms with Crippen molar-refractivity contribution in [2.24, 2.45) is 5.41 Å². The number of hydrogen-bond acceptors (Lipinski definition) is 5. The third kappa shape index (κ3) is 2.90. The summed E-state index contributed by atoms with van der Waals surface area (Å²) in [4.78, 5) is 14.6. The number of allylic oxidation sites excluding steroid dienone is 1. The van der Waals surface area contributed by atoms with E-state index in [0.29, 0.717) is 19.6 Å². The van der Waals surface area contributed by atoms with Gasteiger partial charge in [-0.25, -0.2) is 0 Å². The van der Waals surface area contributed by atoms with Gasteiger partial charge in [0, 0.05) is 17.6 Å². The molecule has 1 aromatic carbocycles. The Morgan fingerprint density at radius 1 is 1.29 bits per heavy atom. The molecule has 3 rings (SSSR count). The van der Waals surface area contributed by atoms with E-state index in [1.807, 2.05) is 44.2 Å². The minimum atomic E-state index is -0.597. The Morgan fingerprint density at radius 2 is 2.00 bits per heavy atom. The first-order valence-corrected chi connectivity index (χ1v) is 8.10. The minimum Gasteiger partial charge on any atom is -0.497 e. The van der Waals surface area contributed by atoms with Crippen molar-refractivity contribution >= 4 is 11.5 Å². The lowest BCUT2D eigenvalue weighted by atomic mass is 9.69. The maximum atomic E-state index is 12.4. The number of rotatable bonds is 2. The summed E-state index contributed by atoms with van der Waals surface area (Å²) in [6.45, 7) is 5.74. The van der Waals surface area contributed by atoms with Gasteiger partial charge in [-0.15, -0.1) is 0 Å². The molecular formula is C19H22N2O3. The van der Waals surface area contributed by atoms with Gasteiger partial charge in [-0.2, -0.15) is 5.26 Å². The second-order valence-corrected chi connectivity index (χ2v) is 7.09. The first-order chi connectivity index (χ1) is 11.4. The summed E-state index contributed by atoms with van der Waals surface area (Å²) >= 11 is 0. The summed E-state index contributed by atoms with van der Waals surface area (Å²) in [5.41, 5.74) is 0.103. The molecule has 126 valence electrons. The molecule has 5 nitrogen and oxygen atoms in total. The molecule has 0 amide bonds. The Balaban J connectivity index is 1.90. The molecule has 0 saturated carbocycles. The molecule has 1 aromatic rings. The van der Waals surface area contributed by atoms with Gasteiger partial charge in [-0.3, -0.25) is 4.79 Å². The predicted molar refractivity (Wildman–Crippen MR) is 91.0 cm³/mol. The monoisotopic (exact) mass is 326 g/mol. The molecule has 0 N–H and O–H groups in total. The lowest BCUT2D eigenvalue weighted by Crippen LogP contribution is -2.55. The number of hydrogen-bond donors (Lipinski definition) is 0. The van der Waals surface area contributed by atoms with Crippen molar-refractivity contribution in [2.75, 3.05) is 31.7 Å². The van der Waals surface area contributed by atoms with E-state index >= 15 is 0 Å². The van der Waals surface area contributed by atoms with Crippen LogP contribution in [0, 0.1) is 16.7 Å². The molecular weight excluding hydrogens is 304 g/mol. The van der Waals surface area contributed by atoms with Crippen molar-refractivity contribution in [3.05, 3.63) is 35.9 Å². The number of methoxy groups -OCH3 is 1. The van der Waals surface area contributed by atoms with Crippen molar-refractivity contribution in [3.8, 4) is 11.8 Å². The number of ether oxygens (including phenoxy) is 2. The first-order valence-electron chi connectivity index (χ1n) is 8.10. The van der Waals surface area contributed by atoms with Crippen molar-refractivity contribution in [1.29, 1.82) is 5.26 Å². The molecule has 1 spiro atoms. The van der Waals surface area contributed by atoms with Crippen LogP contribution in [0.4, 0.5) is 5.69 Å². The molecule has 5 heteroatoms. The normalized spacial score (nSPS) is 26.0. The SMILES string of the molecule is COc1ccc(N2CCOC3(C=C(C#N)C(=O)C(C)(C)C3)C2)cc1. The van der Waals surface area contributed by atoms with E-state index < -0.39 is 11.0 Å². The van der Waals surface area contributed by atoms with Crippen molar-refractivity contribution in [1.82, 2.24) is 0 Å². The van der Waals surface area contributed by atoms with Gasteiger partial charge in [0.05, 0.1) is 25.8 Å². The van der Waals surface area contributed by atoms with Gasteiger partial charge in [0.25, 0.3) is 0 Å². The van der Waals surface area contributed by atoms with Crippen LogP contribution in [-0.4, -0.2) is 38.2 Å². The van der Waals surface area contributed by atoms with E-state index in [9.17, 15) is 10.1 Å². The number of morpholine rings is 1. The second kappa shape index (κ2) is 5.95. The van der Waals surface area contributed by atoms with Crippen LogP contribution >= 0.6 is 0 Å². The number of benzene rings is 1. The Morgan fingerprint density at radius 3 is 2.62 bits per heavy atom. The average molecular weight is 326 g/mol. The van der Waals surface area contributed by atoms with Crippen molar-refractivity contribution in [2.45, 2.75) is 25.9 Å². The number of nitriles is 1. The van der Waals surface area contributed by atoms with Crippen LogP contribution in [0.1, 0.15) is 20.3 Å². The molecule has 1 aliphatic heterocycles. The van der Waals surface area contributed by atoms with Crippen molar-refractivity contribution < 1.29 is 14.3 Å². The highest BCUT2D eigenvalue weighted by Gasteiger charge is 2.48. The number of carbonyl (C=O) groups excluding carboxylic acids is 1. The van der Waals surface area contributed by atoms with E-state index in [0.717, 1.165) is 18.0 Å². The fourth-order valence-electron chi connectivity index (χ4n) is 3.67. The average Bonchev–Trinajstić information content (AvgIpc) is 2.58. The van der Waals surface area contributed by atoms with Gasteiger partial charge in [-0.1, -0.05) is 13.8 Å². The van der Waals surface area contributed by atoms with E-state index in [4.69, 9.17) is 9.47 Å². The third-order valence-electron chi connectivity index (χ3n) is 4.78. The van der Waals surface area contributed by atoms with Crippen LogP contribution in [-0.2, 0) is 9.53 Å². The van der Waals surface area contributed by atoms with Gasteiger partial charge in [0.2, 0.25) is 0 Å². The van der Waals surface area contributed by atoms with Gasteiger partial charge in [0.15, 0.2) is 5.78 Å². The highest BCUT2D eigenvalue weighted by atomic mass is 16.5. The number of anilines is 1. The molecule has 1 aliphatic carbocycles. The quantitative estimate of drug-likeness (QED) is 0.836. The molecule has 2 aliphatic rings. The highest BCUT2D eigenvalue weighted by molar-refractivity contribution is 6.04. The summed E-state index contributed by atoms with van der Waals surface area (Å²) in [7, 11) is 1.65. The number of Topliss-reactive ketones (excluding diaryl/α,β-unsaturated/α-hetero) is 1. The maximum Gasteiger partial charge on any atom is 0.178 e. The Kier molecular flexibility index (Phi) is 4.10. The third-order valence-corrected chi connectivity index (χ3v) is 4.78. The number of ketones is 1. The first kappa shape index (κ1) is 16.5. The second-order valence-electron chi connectivity index (χ2n) is 7.09. The highest BCUT2D eigenvalue weighted by Crippen LogP contribution is 2.41. The summed E-state index contributed by atoms with van der Waals surface area (Å²) in [6, 6.07) is 9.95. The lowest BCUT2D eigenvalue weighted by molar-refractivity contribution is -0.130. The molecule has 1 saturated heterocycles. The van der Waals surface area contributed by atoms with Gasteiger partial charge < -0.3 is 14.4 Å². The predicted octanol–water partition coefficient (Wildman–Crippen LogP) is 2.72. The van der Waals surface area contributed by atoms with Crippen LogP contribution in [0.5, 0.6) is 5.75 Å². The molecule has 24 heavy (non-hydrogen) atoms. The number of carbonyl (C=O) groups is 1. The summed E-state index contributed by atoms with van der Waals surface area (Å²) in [6.07, 6.45) is 2.31. The summed E-state index contributed by atoms with van der Waals surface area (Å²) < 4.78 is 11.3. The van der Waals surface area contributed by atoms with Crippen LogP contribution in [0.3, 0.4) is 0 Å². The summed E-state index contributed by atoms with van der Waals surface area (Å²) in [5, 5.41) is 9.33. The van der Waals surface area contributed by atoms with E-state index in [1.54, 1.807) is 13.2 Å². The van der Waals surface area contributed by atoms with Crippen molar-refractivity contribution in [3.63, 3.8) is 0 Å². The molecule has 0 aromatic heterocycles. The lowest BCUT2D eigenvalue weighted by Gasteiger charge is -2.47. The fraction of sp³-hybridized carbons (Fsp3) is 0.474. The van der Waals surface area contributed by atoms with Gasteiger partial charge >= 0.3 is 0 Å².